The normalized spacial score (nSPS) is 11.6. The van der Waals surface area contributed by atoms with Crippen LogP contribution in [-0.2, 0) is 11.8 Å². The minimum absolute atomic E-state index is 0.172. The van der Waals surface area contributed by atoms with Crippen LogP contribution in [0.3, 0.4) is 0 Å². The van der Waals surface area contributed by atoms with E-state index in [0.29, 0.717) is 22.4 Å². The Hall–Kier alpha value is -3.78. The average molecular weight is 475 g/mol. The molecule has 34 heavy (non-hydrogen) atoms. The number of nitrogens with one attached hydrogen (secondary N) is 1. The highest BCUT2D eigenvalue weighted by atomic mass is 32.2. The number of anilines is 1. The minimum Gasteiger partial charge on any atom is -0.497 e. The number of ether oxygens (including phenoxy) is 2. The maximum absolute atomic E-state index is 13.5. The van der Waals surface area contributed by atoms with Gasteiger partial charge in [0.05, 0.1) is 19.9 Å². The molecule has 1 aromatic heterocycles. The quantitative estimate of drug-likeness (QED) is 0.350. The number of methoxy groups -OCH3 is 2. The van der Waals surface area contributed by atoms with E-state index in [4.69, 9.17) is 9.47 Å². The molecule has 0 saturated carbocycles. The first-order chi connectivity index (χ1) is 16.5. The van der Waals surface area contributed by atoms with E-state index in [1.807, 2.05) is 91.3 Å². The van der Waals surface area contributed by atoms with E-state index >= 15 is 0 Å². The molecule has 0 bridgehead atoms. The Balaban J connectivity index is 1.63. The Labute approximate surface area is 203 Å². The van der Waals surface area contributed by atoms with Crippen LogP contribution in [0.4, 0.5) is 5.69 Å². The molecule has 7 nitrogen and oxygen atoms in total. The first-order valence-corrected chi connectivity index (χ1v) is 11.6. The van der Waals surface area contributed by atoms with E-state index in [-0.39, 0.29) is 5.91 Å². The summed E-state index contributed by atoms with van der Waals surface area (Å²) in [7, 11) is 5.11. The summed E-state index contributed by atoms with van der Waals surface area (Å²) in [6.45, 7) is 1.97. The van der Waals surface area contributed by atoms with Crippen LogP contribution in [-0.4, -0.2) is 34.9 Å². The molecule has 0 aliphatic carbocycles. The molecule has 4 aromatic rings. The van der Waals surface area contributed by atoms with Gasteiger partial charge in [-0.1, -0.05) is 48.2 Å². The van der Waals surface area contributed by atoms with Gasteiger partial charge in [-0.25, -0.2) is 0 Å². The van der Waals surface area contributed by atoms with E-state index in [1.165, 1.54) is 11.8 Å². The van der Waals surface area contributed by atoms with Crippen molar-refractivity contribution in [1.29, 1.82) is 0 Å². The van der Waals surface area contributed by atoms with Crippen molar-refractivity contribution in [3.63, 3.8) is 0 Å². The molecule has 1 heterocycles. The number of rotatable bonds is 8. The standard InChI is InChI=1S/C26H26N4O3S/c1-17-10-15-22(33-4)21(16-17)27-25(31)23(18-8-6-5-7-9-18)34-26-29-28-24(30(26)2)19-11-13-20(32-3)14-12-19/h5-16,23H,1-4H3,(H,27,31). The lowest BCUT2D eigenvalue weighted by molar-refractivity contribution is -0.115. The van der Waals surface area contributed by atoms with Crippen LogP contribution < -0.4 is 14.8 Å². The number of benzene rings is 3. The third-order valence-corrected chi connectivity index (χ3v) is 6.65. The summed E-state index contributed by atoms with van der Waals surface area (Å²) in [5.74, 6) is 1.91. The molecule has 0 spiro atoms. The highest BCUT2D eigenvalue weighted by Gasteiger charge is 2.26. The number of carbonyl (C=O) groups excluding carboxylic acids is 1. The summed E-state index contributed by atoms with van der Waals surface area (Å²) in [6, 6.07) is 23.0. The third kappa shape index (κ3) is 5.07. The fourth-order valence-corrected chi connectivity index (χ4v) is 4.54. The van der Waals surface area contributed by atoms with Crippen LogP contribution in [0, 0.1) is 6.92 Å². The van der Waals surface area contributed by atoms with Gasteiger partial charge < -0.3 is 19.4 Å². The number of amides is 1. The summed E-state index contributed by atoms with van der Waals surface area (Å²) in [5.41, 5.74) is 3.43. The Bertz CT molecular complexity index is 1270. The van der Waals surface area contributed by atoms with Crippen molar-refractivity contribution in [1.82, 2.24) is 14.8 Å². The Morgan fingerprint density at radius 3 is 2.38 bits per heavy atom. The smallest absolute Gasteiger partial charge is 0.242 e. The lowest BCUT2D eigenvalue weighted by Crippen LogP contribution is -2.20. The van der Waals surface area contributed by atoms with Gasteiger partial charge in [-0.05, 0) is 54.4 Å². The van der Waals surface area contributed by atoms with Crippen molar-refractivity contribution < 1.29 is 14.3 Å². The zero-order valence-electron chi connectivity index (χ0n) is 19.5. The van der Waals surface area contributed by atoms with Gasteiger partial charge >= 0.3 is 0 Å². The topological polar surface area (TPSA) is 78.3 Å². The monoisotopic (exact) mass is 474 g/mol. The number of aromatic nitrogens is 3. The first-order valence-electron chi connectivity index (χ1n) is 10.7. The molecule has 1 atom stereocenters. The molecule has 1 amide bonds. The van der Waals surface area contributed by atoms with Crippen molar-refractivity contribution >= 4 is 23.4 Å². The molecular weight excluding hydrogens is 448 g/mol. The molecule has 1 N–H and O–H groups in total. The second kappa shape index (κ2) is 10.4. The van der Waals surface area contributed by atoms with Gasteiger partial charge in [0, 0.05) is 12.6 Å². The average Bonchev–Trinajstić information content (AvgIpc) is 3.23. The molecule has 3 aromatic carbocycles. The summed E-state index contributed by atoms with van der Waals surface area (Å²) >= 11 is 1.35. The van der Waals surface area contributed by atoms with Gasteiger partial charge in [0.2, 0.25) is 5.91 Å². The van der Waals surface area contributed by atoms with Gasteiger partial charge in [-0.2, -0.15) is 0 Å². The first kappa shape index (κ1) is 23.4. The molecule has 1 unspecified atom stereocenters. The van der Waals surface area contributed by atoms with Crippen LogP contribution in [0.2, 0.25) is 0 Å². The maximum atomic E-state index is 13.5. The molecule has 0 aliphatic heterocycles. The summed E-state index contributed by atoms with van der Waals surface area (Å²) in [5, 5.41) is 11.9. The highest BCUT2D eigenvalue weighted by molar-refractivity contribution is 8.00. The van der Waals surface area contributed by atoms with Gasteiger partial charge in [0.15, 0.2) is 11.0 Å². The molecule has 0 saturated heterocycles. The number of nitrogens with zero attached hydrogens (tertiary/aromatic N) is 3. The van der Waals surface area contributed by atoms with Crippen molar-refractivity contribution in [2.24, 2.45) is 7.05 Å². The molecule has 8 heteroatoms. The SMILES string of the molecule is COc1ccc(-c2nnc(SC(C(=O)Nc3cc(C)ccc3OC)c3ccccc3)n2C)cc1. The Morgan fingerprint density at radius 1 is 0.971 bits per heavy atom. The maximum Gasteiger partial charge on any atom is 0.242 e. The van der Waals surface area contributed by atoms with E-state index in [9.17, 15) is 4.79 Å². The van der Waals surface area contributed by atoms with Crippen LogP contribution in [0.15, 0.2) is 78.0 Å². The number of thioether (sulfide) groups is 1. The van der Waals surface area contributed by atoms with Crippen LogP contribution >= 0.6 is 11.8 Å². The zero-order chi connectivity index (χ0) is 24.1. The largest absolute Gasteiger partial charge is 0.497 e. The number of aryl methyl sites for hydroxylation is 1. The lowest BCUT2D eigenvalue weighted by atomic mass is 10.1. The molecule has 174 valence electrons. The van der Waals surface area contributed by atoms with Crippen LogP contribution in [0.25, 0.3) is 11.4 Å². The summed E-state index contributed by atoms with van der Waals surface area (Å²) in [6.07, 6.45) is 0. The van der Waals surface area contributed by atoms with Gasteiger partial charge in [-0.15, -0.1) is 10.2 Å². The molecule has 4 rings (SSSR count). The van der Waals surface area contributed by atoms with E-state index in [2.05, 4.69) is 15.5 Å². The molecule has 0 radical (unpaired) electrons. The lowest BCUT2D eigenvalue weighted by Gasteiger charge is -2.18. The van der Waals surface area contributed by atoms with E-state index < -0.39 is 5.25 Å². The summed E-state index contributed by atoms with van der Waals surface area (Å²) < 4.78 is 12.6. The molecule has 0 fully saturated rings. The second-order valence-corrected chi connectivity index (χ2v) is 8.77. The van der Waals surface area contributed by atoms with Crippen molar-refractivity contribution in [2.75, 3.05) is 19.5 Å². The molecule has 0 aliphatic rings. The zero-order valence-corrected chi connectivity index (χ0v) is 20.3. The predicted molar refractivity (Wildman–Crippen MR) is 134 cm³/mol. The van der Waals surface area contributed by atoms with Crippen molar-refractivity contribution in [3.8, 4) is 22.9 Å². The number of hydrogen-bond donors (Lipinski definition) is 1. The third-order valence-electron chi connectivity index (χ3n) is 5.36. The fourth-order valence-electron chi connectivity index (χ4n) is 3.53. The van der Waals surface area contributed by atoms with E-state index in [0.717, 1.165) is 22.4 Å². The van der Waals surface area contributed by atoms with Crippen molar-refractivity contribution in [3.05, 3.63) is 83.9 Å². The summed E-state index contributed by atoms with van der Waals surface area (Å²) in [4.78, 5) is 13.5. The minimum atomic E-state index is -0.543. The number of carbonyl (C=O) groups is 1. The van der Waals surface area contributed by atoms with Crippen LogP contribution in [0.5, 0.6) is 11.5 Å². The number of hydrogen-bond acceptors (Lipinski definition) is 6. The van der Waals surface area contributed by atoms with Gasteiger partial charge in [0.1, 0.15) is 16.7 Å². The van der Waals surface area contributed by atoms with Crippen LogP contribution in [0.1, 0.15) is 16.4 Å². The predicted octanol–water partition coefficient (Wildman–Crippen LogP) is 5.28. The molecular formula is C26H26N4O3S. The second-order valence-electron chi connectivity index (χ2n) is 7.70. The van der Waals surface area contributed by atoms with Gasteiger partial charge in [-0.3, -0.25) is 4.79 Å². The van der Waals surface area contributed by atoms with E-state index in [1.54, 1.807) is 14.2 Å². The highest BCUT2D eigenvalue weighted by Crippen LogP contribution is 2.37. The Kier molecular flexibility index (Phi) is 7.18. The fraction of sp³-hybridized carbons (Fsp3) is 0.192. The Morgan fingerprint density at radius 2 is 1.71 bits per heavy atom. The van der Waals surface area contributed by atoms with Gasteiger partial charge in [0.25, 0.3) is 0 Å². The van der Waals surface area contributed by atoms with Crippen molar-refractivity contribution in [2.45, 2.75) is 17.3 Å².